The molecule has 0 saturated carbocycles. The lowest BCUT2D eigenvalue weighted by atomic mass is 10.1. The summed E-state index contributed by atoms with van der Waals surface area (Å²) in [5.41, 5.74) is 4.36. The maximum absolute atomic E-state index is 11.6. The van der Waals surface area contributed by atoms with Crippen LogP contribution in [0.25, 0.3) is 0 Å². The normalized spacial score (nSPS) is 16.2. The van der Waals surface area contributed by atoms with Crippen molar-refractivity contribution >= 4 is 28.9 Å². The number of para-hydroxylation sites is 2. The molecule has 0 fully saturated rings. The molecule has 2 aromatic rings. The maximum atomic E-state index is 11.6. The number of hydrogen-bond donors (Lipinski definition) is 3. The molecule has 0 radical (unpaired) electrons. The topological polar surface area (TPSA) is 82.6 Å². The number of aliphatic imine (C=N–C) groups is 1. The predicted molar refractivity (Wildman–Crippen MR) is 136 cm³/mol. The van der Waals surface area contributed by atoms with E-state index in [0.717, 1.165) is 41.9 Å². The van der Waals surface area contributed by atoms with Crippen LogP contribution < -0.4 is 16.0 Å². The Hall–Kier alpha value is -2.99. The molecule has 0 saturated heterocycles. The van der Waals surface area contributed by atoms with Crippen LogP contribution in [0.5, 0.6) is 0 Å². The number of carbonyl (C=O) groups is 2. The van der Waals surface area contributed by atoms with Crippen molar-refractivity contribution in [1.82, 2.24) is 5.32 Å². The van der Waals surface area contributed by atoms with Gasteiger partial charge in [0.15, 0.2) is 0 Å². The fraction of sp³-hybridized carbons (Fsp3) is 0.423. The van der Waals surface area contributed by atoms with Crippen LogP contribution in [0, 0.1) is 0 Å². The Balaban J connectivity index is 0.000000277. The summed E-state index contributed by atoms with van der Waals surface area (Å²) in [4.78, 5) is 27.3. The zero-order valence-electron chi connectivity index (χ0n) is 20.3. The van der Waals surface area contributed by atoms with Crippen molar-refractivity contribution < 1.29 is 9.59 Å². The number of nitrogens with zero attached hydrogens (tertiary/aromatic N) is 1. The number of hydrogen-bond acceptors (Lipinski definition) is 4. The van der Waals surface area contributed by atoms with Gasteiger partial charge in [-0.1, -0.05) is 77.9 Å². The Morgan fingerprint density at radius 2 is 1.47 bits per heavy atom. The van der Waals surface area contributed by atoms with E-state index in [2.05, 4.69) is 27.9 Å². The number of fused-ring (bicyclic) bond motifs is 2. The quantitative estimate of drug-likeness (QED) is 0.571. The van der Waals surface area contributed by atoms with Gasteiger partial charge in [-0.15, -0.1) is 0 Å². The highest BCUT2D eigenvalue weighted by Crippen LogP contribution is 2.29. The summed E-state index contributed by atoms with van der Waals surface area (Å²) in [6, 6.07) is 15.3. The van der Waals surface area contributed by atoms with Gasteiger partial charge in [-0.3, -0.25) is 14.6 Å². The molecule has 1 atom stereocenters. The van der Waals surface area contributed by atoms with Gasteiger partial charge in [-0.25, -0.2) is 0 Å². The van der Waals surface area contributed by atoms with E-state index in [1.54, 1.807) is 0 Å². The first-order valence-corrected chi connectivity index (χ1v) is 11.7. The zero-order chi connectivity index (χ0) is 23.9. The molecular formula is C26H38N4O2. The van der Waals surface area contributed by atoms with E-state index in [0.29, 0.717) is 12.3 Å². The average molecular weight is 439 g/mol. The van der Waals surface area contributed by atoms with Crippen LogP contribution in [0.2, 0.25) is 0 Å². The van der Waals surface area contributed by atoms with E-state index in [1.165, 1.54) is 0 Å². The number of carbonyl (C=O) groups excluding carboxylic acids is 2. The summed E-state index contributed by atoms with van der Waals surface area (Å²) in [6.07, 6.45) is 1.99. The molecule has 1 unspecified atom stereocenters. The molecule has 2 amide bonds. The van der Waals surface area contributed by atoms with Gasteiger partial charge in [0.25, 0.3) is 5.91 Å². The number of nitrogens with one attached hydrogen (secondary N) is 3. The van der Waals surface area contributed by atoms with E-state index >= 15 is 0 Å². The lowest BCUT2D eigenvalue weighted by molar-refractivity contribution is -0.117. The first-order valence-electron chi connectivity index (χ1n) is 11.7. The van der Waals surface area contributed by atoms with Gasteiger partial charge in [0, 0.05) is 23.4 Å². The first-order chi connectivity index (χ1) is 15.7. The Kier molecular flexibility index (Phi) is 12.6. The van der Waals surface area contributed by atoms with Crippen molar-refractivity contribution in [3.05, 3.63) is 59.7 Å². The summed E-state index contributed by atoms with van der Waals surface area (Å²) >= 11 is 0. The third-order valence-corrected chi connectivity index (χ3v) is 4.53. The van der Waals surface area contributed by atoms with Crippen LogP contribution in [0.4, 0.5) is 11.4 Å². The number of benzene rings is 2. The summed E-state index contributed by atoms with van der Waals surface area (Å²) in [7, 11) is 0. The van der Waals surface area contributed by atoms with Crippen LogP contribution in [0.3, 0.4) is 0 Å². The molecule has 0 spiro atoms. The van der Waals surface area contributed by atoms with Crippen LogP contribution >= 0.6 is 0 Å². The molecule has 174 valence electrons. The van der Waals surface area contributed by atoms with Crippen LogP contribution in [-0.2, 0) is 9.59 Å². The van der Waals surface area contributed by atoms with E-state index in [1.807, 2.05) is 83.1 Å². The Morgan fingerprint density at radius 1 is 0.844 bits per heavy atom. The molecule has 4 rings (SSSR count). The molecular weight excluding hydrogens is 400 g/mol. The summed E-state index contributed by atoms with van der Waals surface area (Å²) in [5.74, 6) is -0.0284. The third kappa shape index (κ3) is 7.02. The van der Waals surface area contributed by atoms with Crippen LogP contribution in [0.15, 0.2) is 53.5 Å². The fourth-order valence-electron chi connectivity index (χ4n) is 3.18. The first kappa shape index (κ1) is 27.0. The van der Waals surface area contributed by atoms with Gasteiger partial charge in [0.2, 0.25) is 5.91 Å². The minimum Gasteiger partial charge on any atom is -0.324 e. The van der Waals surface area contributed by atoms with Crippen molar-refractivity contribution in [2.45, 2.75) is 60.4 Å². The van der Waals surface area contributed by atoms with Crippen LogP contribution in [-0.4, -0.2) is 30.6 Å². The molecule has 2 aliphatic rings. The molecule has 32 heavy (non-hydrogen) atoms. The van der Waals surface area contributed by atoms with Gasteiger partial charge < -0.3 is 16.0 Å². The fourth-order valence-corrected chi connectivity index (χ4v) is 3.18. The molecule has 0 bridgehead atoms. The lowest BCUT2D eigenvalue weighted by Crippen LogP contribution is -2.27. The summed E-state index contributed by atoms with van der Waals surface area (Å²) in [6.45, 7) is 13.7. The second kappa shape index (κ2) is 14.9. The minimum absolute atomic E-state index is 0.0552. The second-order valence-electron chi connectivity index (χ2n) is 6.69. The largest absolute Gasteiger partial charge is 0.324 e. The van der Waals surface area contributed by atoms with Gasteiger partial charge in [0.05, 0.1) is 5.69 Å². The molecule has 0 aliphatic carbocycles. The van der Waals surface area contributed by atoms with E-state index in [-0.39, 0.29) is 17.9 Å². The van der Waals surface area contributed by atoms with Crippen molar-refractivity contribution in [2.24, 2.45) is 4.99 Å². The van der Waals surface area contributed by atoms with Gasteiger partial charge in [0.1, 0.15) is 11.8 Å². The van der Waals surface area contributed by atoms with Crippen LogP contribution in [0.1, 0.15) is 71.6 Å². The predicted octanol–water partition coefficient (Wildman–Crippen LogP) is 5.57. The molecule has 6 nitrogen and oxygen atoms in total. The minimum atomic E-state index is -0.161. The Bertz CT molecular complexity index is 893. The Labute approximate surface area is 192 Å². The molecule has 2 heterocycles. The summed E-state index contributed by atoms with van der Waals surface area (Å²) in [5, 5.41) is 8.87. The third-order valence-electron chi connectivity index (χ3n) is 4.53. The van der Waals surface area contributed by atoms with Crippen molar-refractivity contribution in [3.8, 4) is 0 Å². The number of anilines is 2. The number of rotatable bonds is 5. The SMILES string of the molecule is CC.CC.CCCN=C1C(=O)Nc2ccccc21.CCCNC1C(=O)Nc2ccccc21. The van der Waals surface area contributed by atoms with Crippen molar-refractivity contribution in [3.63, 3.8) is 0 Å². The average Bonchev–Trinajstić information content (AvgIpc) is 3.34. The molecule has 2 aliphatic heterocycles. The maximum Gasteiger partial charge on any atom is 0.274 e. The Morgan fingerprint density at radius 3 is 2.12 bits per heavy atom. The van der Waals surface area contributed by atoms with E-state index < -0.39 is 0 Å². The van der Waals surface area contributed by atoms with Gasteiger partial charge in [-0.2, -0.15) is 0 Å². The lowest BCUT2D eigenvalue weighted by Gasteiger charge is -2.09. The van der Waals surface area contributed by atoms with E-state index in [9.17, 15) is 9.59 Å². The molecule has 6 heteroatoms. The number of amides is 2. The smallest absolute Gasteiger partial charge is 0.274 e. The van der Waals surface area contributed by atoms with Gasteiger partial charge in [-0.05, 0) is 31.5 Å². The second-order valence-corrected chi connectivity index (χ2v) is 6.69. The molecule has 2 aromatic carbocycles. The van der Waals surface area contributed by atoms with Crippen molar-refractivity contribution in [1.29, 1.82) is 0 Å². The van der Waals surface area contributed by atoms with Gasteiger partial charge >= 0.3 is 0 Å². The molecule has 3 N–H and O–H groups in total. The standard InChI is InChI=1S/C11H14N2O.C11H12N2O.2C2H6/c2*1-2-7-12-10-8-5-3-4-6-9(8)13-11(10)14;2*1-2/h3-6,10,12H,2,7H2,1H3,(H,13,14);3-6H,2,7H2,1H3,(H,12,13,14);2*1-2H3. The highest BCUT2D eigenvalue weighted by Gasteiger charge is 2.29. The highest BCUT2D eigenvalue weighted by molar-refractivity contribution is 6.53. The zero-order valence-corrected chi connectivity index (χ0v) is 20.3. The van der Waals surface area contributed by atoms with E-state index in [4.69, 9.17) is 0 Å². The van der Waals surface area contributed by atoms with Crippen molar-refractivity contribution in [2.75, 3.05) is 23.7 Å². The molecule has 0 aromatic heterocycles. The monoisotopic (exact) mass is 438 g/mol. The summed E-state index contributed by atoms with van der Waals surface area (Å²) < 4.78 is 0. The highest BCUT2D eigenvalue weighted by atomic mass is 16.2.